The number of carbonyl (C=O) groups excluding carboxylic acids is 1. The lowest BCUT2D eigenvalue weighted by Crippen LogP contribution is -2.50. The summed E-state index contributed by atoms with van der Waals surface area (Å²) in [5, 5.41) is 12.3. The standard InChI is InChI=1S/C13H14ClNO3/c14-10-5-2-1-4-9(10)8-15-11(16)13(12(17)18)6-3-7-13/h1-2,4-5H,3,6-8H2,(H,15,16)(H,17,18). The molecule has 4 nitrogen and oxygen atoms in total. The first-order valence-corrected chi connectivity index (χ1v) is 6.19. The van der Waals surface area contributed by atoms with Crippen molar-refractivity contribution < 1.29 is 14.7 Å². The van der Waals surface area contributed by atoms with Crippen LogP contribution in [0.2, 0.25) is 5.02 Å². The first kappa shape index (κ1) is 12.9. The summed E-state index contributed by atoms with van der Waals surface area (Å²) in [6.45, 7) is 0.257. The molecule has 2 N–H and O–H groups in total. The van der Waals surface area contributed by atoms with E-state index >= 15 is 0 Å². The number of nitrogens with one attached hydrogen (secondary N) is 1. The molecule has 1 aromatic carbocycles. The number of carboxylic acids is 1. The smallest absolute Gasteiger partial charge is 0.319 e. The fraction of sp³-hybridized carbons (Fsp3) is 0.385. The summed E-state index contributed by atoms with van der Waals surface area (Å²) >= 11 is 5.96. The molecule has 0 unspecified atom stereocenters. The van der Waals surface area contributed by atoms with Crippen molar-refractivity contribution in [1.29, 1.82) is 0 Å². The minimum atomic E-state index is -1.22. The van der Waals surface area contributed by atoms with Gasteiger partial charge < -0.3 is 10.4 Å². The van der Waals surface area contributed by atoms with Crippen LogP contribution in [0.25, 0.3) is 0 Å². The molecule has 1 saturated carbocycles. The molecule has 0 spiro atoms. The van der Waals surface area contributed by atoms with Crippen LogP contribution in [-0.4, -0.2) is 17.0 Å². The molecule has 0 bridgehead atoms. The number of carbonyl (C=O) groups is 2. The summed E-state index contributed by atoms with van der Waals surface area (Å²) in [6.07, 6.45) is 1.61. The van der Waals surface area contributed by atoms with Crippen molar-refractivity contribution in [3.8, 4) is 0 Å². The average Bonchev–Trinajstić information content (AvgIpc) is 2.26. The number of rotatable bonds is 4. The van der Waals surface area contributed by atoms with Gasteiger partial charge in [0.25, 0.3) is 0 Å². The fourth-order valence-corrected chi connectivity index (χ4v) is 2.26. The van der Waals surface area contributed by atoms with E-state index in [-0.39, 0.29) is 6.54 Å². The number of benzene rings is 1. The summed E-state index contributed by atoms with van der Waals surface area (Å²) in [7, 11) is 0. The fourth-order valence-electron chi connectivity index (χ4n) is 2.05. The number of hydrogen-bond donors (Lipinski definition) is 2. The number of amides is 1. The minimum Gasteiger partial charge on any atom is -0.480 e. The van der Waals surface area contributed by atoms with Crippen molar-refractivity contribution in [1.82, 2.24) is 5.32 Å². The molecule has 2 rings (SSSR count). The Bertz CT molecular complexity index is 483. The lowest BCUT2D eigenvalue weighted by atomic mass is 9.68. The van der Waals surface area contributed by atoms with Crippen LogP contribution in [0.4, 0.5) is 0 Å². The van der Waals surface area contributed by atoms with Crippen molar-refractivity contribution >= 4 is 23.5 Å². The molecule has 0 aliphatic heterocycles. The van der Waals surface area contributed by atoms with E-state index in [4.69, 9.17) is 16.7 Å². The van der Waals surface area contributed by atoms with Crippen LogP contribution in [-0.2, 0) is 16.1 Å². The van der Waals surface area contributed by atoms with Gasteiger partial charge in [0.1, 0.15) is 5.41 Å². The molecule has 0 aromatic heterocycles. The zero-order valence-corrected chi connectivity index (χ0v) is 10.5. The molecule has 1 amide bonds. The quantitative estimate of drug-likeness (QED) is 0.822. The predicted molar refractivity (Wildman–Crippen MR) is 67.2 cm³/mol. The SMILES string of the molecule is O=C(O)C1(C(=O)NCc2ccccc2Cl)CCC1. The average molecular weight is 268 g/mol. The number of carboxylic acid groups (broad SMARTS) is 1. The molecule has 1 aliphatic carbocycles. The number of hydrogen-bond acceptors (Lipinski definition) is 2. The van der Waals surface area contributed by atoms with E-state index in [0.717, 1.165) is 12.0 Å². The van der Waals surface area contributed by atoms with Gasteiger partial charge >= 0.3 is 5.97 Å². The van der Waals surface area contributed by atoms with Crippen LogP contribution < -0.4 is 5.32 Å². The van der Waals surface area contributed by atoms with E-state index in [1.54, 1.807) is 18.2 Å². The third-order valence-electron chi connectivity index (χ3n) is 3.45. The van der Waals surface area contributed by atoms with Crippen LogP contribution in [0.1, 0.15) is 24.8 Å². The van der Waals surface area contributed by atoms with E-state index in [0.29, 0.717) is 17.9 Å². The van der Waals surface area contributed by atoms with Gasteiger partial charge in [-0.3, -0.25) is 9.59 Å². The second-order valence-electron chi connectivity index (χ2n) is 4.51. The van der Waals surface area contributed by atoms with Crippen molar-refractivity contribution in [3.05, 3.63) is 34.9 Å². The molecule has 5 heteroatoms. The van der Waals surface area contributed by atoms with Crippen molar-refractivity contribution in [3.63, 3.8) is 0 Å². The Balaban J connectivity index is 2.01. The van der Waals surface area contributed by atoms with E-state index in [1.165, 1.54) is 0 Å². The highest BCUT2D eigenvalue weighted by Gasteiger charge is 2.50. The maximum atomic E-state index is 11.9. The number of halogens is 1. The Labute approximate surface area is 110 Å². The molecule has 1 aliphatic rings. The highest BCUT2D eigenvalue weighted by molar-refractivity contribution is 6.31. The highest BCUT2D eigenvalue weighted by atomic mass is 35.5. The molecule has 96 valence electrons. The topological polar surface area (TPSA) is 66.4 Å². The van der Waals surface area contributed by atoms with E-state index in [1.807, 2.05) is 6.07 Å². The zero-order chi connectivity index (χ0) is 13.2. The summed E-state index contributed by atoms with van der Waals surface area (Å²) in [6, 6.07) is 7.16. The second-order valence-corrected chi connectivity index (χ2v) is 4.92. The molecule has 0 radical (unpaired) electrons. The lowest BCUT2D eigenvalue weighted by molar-refractivity contribution is -0.162. The van der Waals surface area contributed by atoms with Crippen LogP contribution in [0.15, 0.2) is 24.3 Å². The van der Waals surface area contributed by atoms with Gasteiger partial charge in [-0.15, -0.1) is 0 Å². The largest absolute Gasteiger partial charge is 0.480 e. The van der Waals surface area contributed by atoms with E-state index < -0.39 is 17.3 Å². The maximum Gasteiger partial charge on any atom is 0.319 e. The predicted octanol–water partition coefficient (Wildman–Crippen LogP) is 2.21. The third kappa shape index (κ3) is 2.20. The van der Waals surface area contributed by atoms with Gasteiger partial charge in [-0.1, -0.05) is 36.2 Å². The lowest BCUT2D eigenvalue weighted by Gasteiger charge is -2.35. The van der Waals surface area contributed by atoms with E-state index in [2.05, 4.69) is 5.32 Å². The van der Waals surface area contributed by atoms with Crippen molar-refractivity contribution in [2.24, 2.45) is 5.41 Å². The Hall–Kier alpha value is -1.55. The summed E-state index contributed by atoms with van der Waals surface area (Å²) < 4.78 is 0. The zero-order valence-electron chi connectivity index (χ0n) is 9.78. The summed E-state index contributed by atoms with van der Waals surface area (Å²) in [5.41, 5.74) is -0.436. The van der Waals surface area contributed by atoms with Crippen LogP contribution in [0.3, 0.4) is 0 Å². The Morgan fingerprint density at radius 1 is 1.33 bits per heavy atom. The van der Waals surface area contributed by atoms with Gasteiger partial charge in [0.15, 0.2) is 0 Å². The first-order chi connectivity index (χ1) is 8.56. The molecule has 18 heavy (non-hydrogen) atoms. The minimum absolute atomic E-state index is 0.257. The van der Waals surface area contributed by atoms with Gasteiger partial charge in [0.2, 0.25) is 5.91 Å². The Morgan fingerprint density at radius 3 is 2.50 bits per heavy atom. The third-order valence-corrected chi connectivity index (χ3v) is 3.82. The van der Waals surface area contributed by atoms with Gasteiger partial charge in [-0.05, 0) is 24.5 Å². The normalized spacial score (nSPS) is 16.7. The van der Waals surface area contributed by atoms with Crippen LogP contribution in [0, 0.1) is 5.41 Å². The Morgan fingerprint density at radius 2 is 2.00 bits per heavy atom. The monoisotopic (exact) mass is 267 g/mol. The summed E-state index contributed by atoms with van der Waals surface area (Å²) in [4.78, 5) is 23.1. The maximum absolute atomic E-state index is 11.9. The van der Waals surface area contributed by atoms with Crippen LogP contribution >= 0.6 is 11.6 Å². The molecule has 0 saturated heterocycles. The number of aliphatic carboxylic acids is 1. The Kier molecular flexibility index (Phi) is 3.57. The molecular weight excluding hydrogens is 254 g/mol. The van der Waals surface area contributed by atoms with E-state index in [9.17, 15) is 9.59 Å². The van der Waals surface area contributed by atoms with Crippen molar-refractivity contribution in [2.75, 3.05) is 0 Å². The van der Waals surface area contributed by atoms with Gasteiger partial charge in [-0.25, -0.2) is 0 Å². The molecule has 1 aromatic rings. The highest BCUT2D eigenvalue weighted by Crippen LogP contribution is 2.41. The molecule has 0 heterocycles. The van der Waals surface area contributed by atoms with Gasteiger partial charge in [-0.2, -0.15) is 0 Å². The summed E-state index contributed by atoms with van der Waals surface area (Å²) in [5.74, 6) is -1.45. The first-order valence-electron chi connectivity index (χ1n) is 5.81. The second kappa shape index (κ2) is 4.98. The van der Waals surface area contributed by atoms with Crippen molar-refractivity contribution in [2.45, 2.75) is 25.8 Å². The van der Waals surface area contributed by atoms with Gasteiger partial charge in [0.05, 0.1) is 0 Å². The molecule has 1 fully saturated rings. The molecular formula is C13H14ClNO3. The van der Waals surface area contributed by atoms with Gasteiger partial charge in [0, 0.05) is 11.6 Å². The van der Waals surface area contributed by atoms with Crippen LogP contribution in [0.5, 0.6) is 0 Å². The molecule has 0 atom stereocenters.